The van der Waals surface area contributed by atoms with Crippen LogP contribution in [0.2, 0.25) is 0 Å². The van der Waals surface area contributed by atoms with E-state index < -0.39 is 4.92 Å². The Hall–Kier alpha value is -3.35. The van der Waals surface area contributed by atoms with Gasteiger partial charge in [0.1, 0.15) is 5.82 Å². The zero-order chi connectivity index (χ0) is 16.2. The van der Waals surface area contributed by atoms with E-state index in [9.17, 15) is 14.5 Å². The van der Waals surface area contributed by atoms with E-state index in [2.05, 4.69) is 10.1 Å². The van der Waals surface area contributed by atoms with Crippen molar-refractivity contribution >= 4 is 17.8 Å². The number of nitro benzene ring substituents is 1. The van der Waals surface area contributed by atoms with Crippen molar-refractivity contribution in [1.82, 2.24) is 10.1 Å². The minimum atomic E-state index is -0.462. The van der Waals surface area contributed by atoms with Gasteiger partial charge in [0.15, 0.2) is 0 Å². The first-order chi connectivity index (χ1) is 11.1. The molecule has 0 unspecified atom stereocenters. The van der Waals surface area contributed by atoms with Crippen LogP contribution in [0.25, 0.3) is 23.5 Å². The summed E-state index contributed by atoms with van der Waals surface area (Å²) in [5, 5.41) is 14.5. The van der Waals surface area contributed by atoms with Crippen molar-refractivity contribution in [2.45, 2.75) is 0 Å². The largest absolute Gasteiger partial charge is 0.334 e. The molecule has 1 aromatic heterocycles. The molecule has 0 atom stereocenters. The van der Waals surface area contributed by atoms with Gasteiger partial charge in [-0.15, -0.1) is 0 Å². The van der Waals surface area contributed by atoms with Crippen LogP contribution in [-0.4, -0.2) is 15.1 Å². The summed E-state index contributed by atoms with van der Waals surface area (Å²) in [5.74, 6) is 0.238. The van der Waals surface area contributed by atoms with Gasteiger partial charge in [-0.2, -0.15) is 4.98 Å². The second kappa shape index (κ2) is 6.18. The second-order valence-corrected chi connectivity index (χ2v) is 4.65. The van der Waals surface area contributed by atoms with Crippen molar-refractivity contribution in [2.24, 2.45) is 0 Å². The molecule has 0 amide bonds. The Kier molecular flexibility index (Phi) is 3.92. The molecule has 7 heteroatoms. The van der Waals surface area contributed by atoms with Crippen LogP contribution in [-0.2, 0) is 0 Å². The fourth-order valence-electron chi connectivity index (χ4n) is 1.93. The van der Waals surface area contributed by atoms with Crippen LogP contribution in [0.15, 0.2) is 53.1 Å². The van der Waals surface area contributed by atoms with Crippen LogP contribution in [0.1, 0.15) is 11.5 Å². The Bertz CT molecular complexity index is 872. The lowest BCUT2D eigenvalue weighted by atomic mass is 10.2. The topological polar surface area (TPSA) is 82.1 Å². The molecule has 0 radical (unpaired) electrons. The van der Waals surface area contributed by atoms with Crippen molar-refractivity contribution in [2.75, 3.05) is 0 Å². The third-order valence-corrected chi connectivity index (χ3v) is 3.04. The quantitative estimate of drug-likeness (QED) is 0.538. The highest BCUT2D eigenvalue weighted by Gasteiger charge is 2.07. The SMILES string of the molecule is O=[N+]([O-])c1cccc(/C=C\c2nc(-c3ccc(F)cc3)no2)c1. The van der Waals surface area contributed by atoms with Gasteiger partial charge in [0, 0.05) is 23.8 Å². The number of nitro groups is 1. The number of non-ortho nitro benzene ring substituents is 1. The minimum absolute atomic E-state index is 0.00433. The summed E-state index contributed by atoms with van der Waals surface area (Å²) < 4.78 is 18.0. The fraction of sp³-hybridized carbons (Fsp3) is 0. The zero-order valence-corrected chi connectivity index (χ0v) is 11.7. The Morgan fingerprint density at radius 1 is 1.13 bits per heavy atom. The van der Waals surface area contributed by atoms with Gasteiger partial charge in [-0.05, 0) is 35.9 Å². The van der Waals surface area contributed by atoms with Gasteiger partial charge < -0.3 is 4.52 Å². The third-order valence-electron chi connectivity index (χ3n) is 3.04. The van der Waals surface area contributed by atoms with Crippen LogP contribution in [0.4, 0.5) is 10.1 Å². The van der Waals surface area contributed by atoms with E-state index in [4.69, 9.17) is 4.52 Å². The molecule has 3 rings (SSSR count). The molecule has 0 aliphatic carbocycles. The van der Waals surface area contributed by atoms with Crippen molar-refractivity contribution in [3.8, 4) is 11.4 Å². The minimum Gasteiger partial charge on any atom is -0.334 e. The molecule has 0 aliphatic heterocycles. The van der Waals surface area contributed by atoms with Crippen molar-refractivity contribution in [3.05, 3.63) is 75.9 Å². The summed E-state index contributed by atoms with van der Waals surface area (Å²) in [6.07, 6.45) is 3.19. The van der Waals surface area contributed by atoms with Crippen molar-refractivity contribution in [1.29, 1.82) is 0 Å². The maximum atomic E-state index is 12.9. The van der Waals surface area contributed by atoms with E-state index in [1.165, 1.54) is 24.3 Å². The molecule has 0 saturated carbocycles. The highest BCUT2D eigenvalue weighted by atomic mass is 19.1. The molecular weight excluding hydrogens is 301 g/mol. The lowest BCUT2D eigenvalue weighted by Gasteiger charge is -1.93. The molecule has 0 N–H and O–H groups in total. The Labute approximate surface area is 130 Å². The summed E-state index contributed by atoms with van der Waals surface area (Å²) in [6.45, 7) is 0. The standard InChI is InChI=1S/C16H10FN3O3/c17-13-7-5-12(6-8-13)16-18-15(23-19-16)9-4-11-2-1-3-14(10-11)20(21)22/h1-10H/b9-4-. The molecule has 2 aromatic carbocycles. The maximum absolute atomic E-state index is 12.9. The molecule has 114 valence electrons. The number of hydrogen-bond donors (Lipinski definition) is 0. The molecule has 3 aromatic rings. The maximum Gasteiger partial charge on any atom is 0.270 e. The molecule has 0 fully saturated rings. The van der Waals surface area contributed by atoms with Gasteiger partial charge in [0.25, 0.3) is 11.6 Å². The first-order valence-electron chi connectivity index (χ1n) is 6.64. The van der Waals surface area contributed by atoms with Crippen LogP contribution in [0, 0.1) is 15.9 Å². The highest BCUT2D eigenvalue weighted by molar-refractivity contribution is 5.68. The molecular formula is C16H10FN3O3. The van der Waals surface area contributed by atoms with E-state index >= 15 is 0 Å². The molecule has 23 heavy (non-hydrogen) atoms. The number of rotatable bonds is 4. The Morgan fingerprint density at radius 3 is 2.65 bits per heavy atom. The molecule has 6 nitrogen and oxygen atoms in total. The number of aromatic nitrogens is 2. The lowest BCUT2D eigenvalue weighted by molar-refractivity contribution is -0.384. The Morgan fingerprint density at radius 2 is 1.91 bits per heavy atom. The molecule has 0 saturated heterocycles. The second-order valence-electron chi connectivity index (χ2n) is 4.65. The first kappa shape index (κ1) is 14.6. The highest BCUT2D eigenvalue weighted by Crippen LogP contribution is 2.18. The summed E-state index contributed by atoms with van der Waals surface area (Å²) in [5.41, 5.74) is 1.27. The van der Waals surface area contributed by atoms with Crippen LogP contribution in [0.5, 0.6) is 0 Å². The predicted molar refractivity (Wildman–Crippen MR) is 81.7 cm³/mol. The normalized spacial score (nSPS) is 11.0. The summed E-state index contributed by atoms with van der Waals surface area (Å²) in [6, 6.07) is 11.9. The molecule has 0 aliphatic rings. The van der Waals surface area contributed by atoms with E-state index in [0.717, 1.165) is 0 Å². The Balaban J connectivity index is 1.80. The summed E-state index contributed by atoms with van der Waals surface area (Å²) in [7, 11) is 0. The smallest absolute Gasteiger partial charge is 0.270 e. The number of hydrogen-bond acceptors (Lipinski definition) is 5. The average molecular weight is 311 g/mol. The van der Waals surface area contributed by atoms with Crippen LogP contribution < -0.4 is 0 Å². The summed E-state index contributed by atoms with van der Waals surface area (Å²) >= 11 is 0. The number of nitrogens with zero attached hydrogens (tertiary/aromatic N) is 3. The van der Waals surface area contributed by atoms with Crippen molar-refractivity contribution < 1.29 is 13.8 Å². The molecule has 1 heterocycles. The van der Waals surface area contributed by atoms with Gasteiger partial charge in [-0.3, -0.25) is 10.1 Å². The number of halogens is 1. The molecule has 0 bridgehead atoms. The van der Waals surface area contributed by atoms with Crippen LogP contribution in [0.3, 0.4) is 0 Å². The lowest BCUT2D eigenvalue weighted by Crippen LogP contribution is -1.87. The van der Waals surface area contributed by atoms with Gasteiger partial charge >= 0.3 is 0 Å². The number of benzene rings is 2. The zero-order valence-electron chi connectivity index (χ0n) is 11.7. The third kappa shape index (κ3) is 3.46. The van der Waals surface area contributed by atoms with E-state index in [0.29, 0.717) is 17.0 Å². The molecule has 0 spiro atoms. The first-order valence-corrected chi connectivity index (χ1v) is 6.64. The van der Waals surface area contributed by atoms with E-state index in [1.54, 1.807) is 36.4 Å². The van der Waals surface area contributed by atoms with Gasteiger partial charge in [-0.25, -0.2) is 4.39 Å². The van der Waals surface area contributed by atoms with Crippen LogP contribution >= 0.6 is 0 Å². The average Bonchev–Trinajstić information content (AvgIpc) is 3.03. The van der Waals surface area contributed by atoms with E-state index in [1.807, 2.05) is 0 Å². The monoisotopic (exact) mass is 311 g/mol. The van der Waals surface area contributed by atoms with Gasteiger partial charge in [0.05, 0.1) is 4.92 Å². The van der Waals surface area contributed by atoms with E-state index in [-0.39, 0.29) is 17.4 Å². The summed E-state index contributed by atoms with van der Waals surface area (Å²) in [4.78, 5) is 14.4. The van der Waals surface area contributed by atoms with Crippen molar-refractivity contribution in [3.63, 3.8) is 0 Å². The fourth-order valence-corrected chi connectivity index (χ4v) is 1.93. The van der Waals surface area contributed by atoms with Gasteiger partial charge in [-0.1, -0.05) is 17.3 Å². The van der Waals surface area contributed by atoms with Gasteiger partial charge in [0.2, 0.25) is 5.82 Å². The predicted octanol–water partition coefficient (Wildman–Crippen LogP) is 3.95.